The van der Waals surface area contributed by atoms with E-state index in [4.69, 9.17) is 4.74 Å². The third-order valence-corrected chi connectivity index (χ3v) is 16.1. The predicted octanol–water partition coefficient (Wildman–Crippen LogP) is 2.00. The third-order valence-electron chi connectivity index (χ3n) is 15.1. The number of anilines is 1. The summed E-state index contributed by atoms with van der Waals surface area (Å²) in [4.78, 5) is 176. The standard InChI is InChI=1S/C59H87N11O17S/c1-15-32(4)50(67-58(85)59(9,10)68(11)12)57(84)69(13)42(31(2)3)29-44(87-36(8)71)56-66-41(30-88-56)55(83)63-38(19-24-48(76)77)27-37-18-21-43(72)40(28-37)65-53(81)35(7)61-51(79)33(5)60-52(80)34(6)62-54(82)39(20-25-49(78)86-14)64-45(73)17-16-26-70-46(74)22-23-47(70)75/h18,21-23,28,30-35,38-39,42,44,50,72H,15-17,19-20,24-27,29H2,1-14H3,(H,60,80)(H,61,79)(H,62,82)(H,63,83)(H,64,73)(H,65,81)(H,67,85)(H,76,77)/t32-,33-,34-,35-,38+,39-,42+,44+,50-/m0/s1. The average molecular weight is 1250 g/mol. The number of carboxylic acid groups (broad SMARTS) is 1. The zero-order valence-corrected chi connectivity index (χ0v) is 53.3. The Morgan fingerprint density at radius 2 is 1.36 bits per heavy atom. The number of nitrogens with one attached hydrogen (secondary N) is 7. The molecule has 3 rings (SSSR count). The number of rotatable bonds is 35. The number of nitrogens with zero attached hydrogens (tertiary/aromatic N) is 4. The number of benzene rings is 1. The van der Waals surface area contributed by atoms with Gasteiger partial charge in [-0.2, -0.15) is 0 Å². The SMILES string of the molecule is CC[C@H](C)[C@H](NC(=O)C(C)(C)N(C)C)C(=O)N(C)[C@H](C[C@@H](OC(C)=O)c1nc(C(=O)N[C@H](CCC(=O)O)Cc2ccc(O)c(NC(=O)[C@H](C)NC(=O)[C@H](C)NC(=O)[C@H](C)NC(=O)[C@H](CCC(=O)OC)NC(=O)CCCN3C(=O)C=CC3=O)c2)cs1)C(C)C. The van der Waals surface area contributed by atoms with Crippen LogP contribution in [0.4, 0.5) is 5.69 Å². The number of aromatic hydroxyl groups is 1. The molecule has 0 saturated carbocycles. The van der Waals surface area contributed by atoms with Crippen LogP contribution in [0.25, 0.3) is 0 Å². The highest BCUT2D eigenvalue weighted by atomic mass is 32.1. The lowest BCUT2D eigenvalue weighted by Crippen LogP contribution is -2.60. The molecule has 28 nitrogen and oxygen atoms in total. The number of ether oxygens (including phenoxy) is 2. The number of hydrogen-bond acceptors (Lipinski definition) is 19. The Kier molecular flexibility index (Phi) is 28.8. The first kappa shape index (κ1) is 73.9. The van der Waals surface area contributed by atoms with E-state index in [1.165, 1.54) is 51.3 Å². The largest absolute Gasteiger partial charge is 0.506 e. The van der Waals surface area contributed by atoms with Crippen molar-refractivity contribution in [2.45, 2.75) is 181 Å². The molecule has 0 bridgehead atoms. The summed E-state index contributed by atoms with van der Waals surface area (Å²) in [7, 11) is 6.31. The summed E-state index contributed by atoms with van der Waals surface area (Å²) in [6.07, 6.45) is 0.816. The Labute approximate surface area is 516 Å². The molecule has 2 aromatic rings. The number of esters is 2. The molecule has 0 unspecified atom stereocenters. The Morgan fingerprint density at radius 3 is 1.91 bits per heavy atom. The molecule has 0 spiro atoms. The van der Waals surface area contributed by atoms with Crippen LogP contribution >= 0.6 is 11.3 Å². The summed E-state index contributed by atoms with van der Waals surface area (Å²) in [6, 6.07) is -3.26. The van der Waals surface area contributed by atoms with Gasteiger partial charge in [-0.15, -0.1) is 11.3 Å². The normalized spacial score (nSPS) is 15.3. The van der Waals surface area contributed by atoms with Crippen LogP contribution in [0.2, 0.25) is 0 Å². The lowest BCUT2D eigenvalue weighted by atomic mass is 9.92. The number of imide groups is 1. The summed E-state index contributed by atoms with van der Waals surface area (Å²) < 4.78 is 10.4. The van der Waals surface area contributed by atoms with Gasteiger partial charge in [-0.1, -0.05) is 40.2 Å². The van der Waals surface area contributed by atoms with E-state index in [2.05, 4.69) is 46.9 Å². The number of aliphatic carboxylic acids is 1. The first-order valence-corrected chi connectivity index (χ1v) is 29.8. The lowest BCUT2D eigenvalue weighted by molar-refractivity contribution is -0.149. The summed E-state index contributed by atoms with van der Waals surface area (Å²) in [5, 5.41) is 40.3. The van der Waals surface area contributed by atoms with Crippen molar-refractivity contribution in [1.82, 2.24) is 51.6 Å². The molecule has 1 aliphatic heterocycles. The summed E-state index contributed by atoms with van der Waals surface area (Å²) in [5.74, 6) is -9.64. The zero-order chi connectivity index (χ0) is 66.5. The molecule has 0 radical (unpaired) electrons. The highest BCUT2D eigenvalue weighted by molar-refractivity contribution is 7.09. The van der Waals surface area contributed by atoms with E-state index >= 15 is 0 Å². The number of methoxy groups -OCH3 is 1. The van der Waals surface area contributed by atoms with E-state index < -0.39 is 119 Å². The summed E-state index contributed by atoms with van der Waals surface area (Å²) in [5.41, 5.74) is -0.665. The Hall–Kier alpha value is -8.34. The Morgan fingerprint density at radius 1 is 0.773 bits per heavy atom. The van der Waals surface area contributed by atoms with E-state index in [1.54, 1.807) is 44.8 Å². The van der Waals surface area contributed by atoms with Crippen molar-refractivity contribution in [1.29, 1.82) is 0 Å². The molecular formula is C59H87N11O17S. The average Bonchev–Trinajstić information content (AvgIpc) is 1.65. The highest BCUT2D eigenvalue weighted by Crippen LogP contribution is 2.32. The van der Waals surface area contributed by atoms with E-state index in [-0.39, 0.29) is 104 Å². The number of hydrogen-bond donors (Lipinski definition) is 9. The summed E-state index contributed by atoms with van der Waals surface area (Å²) >= 11 is 1.04. The monoisotopic (exact) mass is 1250 g/mol. The van der Waals surface area contributed by atoms with Crippen LogP contribution in [0.5, 0.6) is 5.75 Å². The second-order valence-electron chi connectivity index (χ2n) is 22.8. The van der Waals surface area contributed by atoms with Crippen LogP contribution in [0.3, 0.4) is 0 Å². The number of aromatic nitrogens is 1. The van der Waals surface area contributed by atoms with Crippen LogP contribution in [0.15, 0.2) is 35.7 Å². The van der Waals surface area contributed by atoms with Crippen LogP contribution in [-0.2, 0) is 73.4 Å². The molecular weight excluding hydrogens is 1170 g/mol. The van der Waals surface area contributed by atoms with E-state index in [9.17, 15) is 72.5 Å². The number of phenolic OH excluding ortho intramolecular Hbond substituents is 1. The molecule has 1 aliphatic rings. The minimum Gasteiger partial charge on any atom is -0.506 e. The maximum atomic E-state index is 14.3. The lowest BCUT2D eigenvalue weighted by Gasteiger charge is -2.38. The van der Waals surface area contributed by atoms with Crippen molar-refractivity contribution in [2.75, 3.05) is 40.1 Å². The van der Waals surface area contributed by atoms with Crippen molar-refractivity contribution in [3.63, 3.8) is 0 Å². The Bertz CT molecular complexity index is 2890. The van der Waals surface area contributed by atoms with Gasteiger partial charge in [-0.3, -0.25) is 72.1 Å². The van der Waals surface area contributed by atoms with Gasteiger partial charge in [-0.05, 0) is 104 Å². The van der Waals surface area contributed by atoms with E-state index in [0.29, 0.717) is 12.0 Å². The van der Waals surface area contributed by atoms with Gasteiger partial charge in [-0.25, -0.2) is 4.98 Å². The molecule has 9 atom stereocenters. The van der Waals surface area contributed by atoms with Gasteiger partial charge in [0.1, 0.15) is 46.7 Å². The molecule has 2 heterocycles. The van der Waals surface area contributed by atoms with Gasteiger partial charge >= 0.3 is 17.9 Å². The number of likely N-dealkylation sites (N-methyl/N-ethyl adjacent to an activating group) is 2. The van der Waals surface area contributed by atoms with Gasteiger partial charge in [0.25, 0.3) is 17.7 Å². The number of phenols is 1. The van der Waals surface area contributed by atoms with E-state index in [1.807, 2.05) is 27.7 Å². The maximum absolute atomic E-state index is 14.3. The maximum Gasteiger partial charge on any atom is 0.305 e. The first-order chi connectivity index (χ1) is 41.1. The molecule has 88 heavy (non-hydrogen) atoms. The predicted molar refractivity (Wildman–Crippen MR) is 321 cm³/mol. The van der Waals surface area contributed by atoms with Crippen molar-refractivity contribution in [3.8, 4) is 5.75 Å². The third kappa shape index (κ3) is 22.4. The van der Waals surface area contributed by atoms with Crippen molar-refractivity contribution in [2.24, 2.45) is 11.8 Å². The minimum atomic E-state index is -1.32. The van der Waals surface area contributed by atoms with Gasteiger partial charge in [0.05, 0.1) is 18.3 Å². The fourth-order valence-electron chi connectivity index (χ4n) is 8.88. The van der Waals surface area contributed by atoms with E-state index in [0.717, 1.165) is 35.5 Å². The van der Waals surface area contributed by atoms with Crippen LogP contribution in [0, 0.1) is 11.8 Å². The van der Waals surface area contributed by atoms with Crippen LogP contribution < -0.4 is 37.2 Å². The smallest absolute Gasteiger partial charge is 0.305 e. The number of amides is 10. The fourth-order valence-corrected chi connectivity index (χ4v) is 9.72. The molecule has 9 N–H and O–H groups in total. The molecule has 1 aromatic heterocycles. The van der Waals surface area contributed by atoms with Gasteiger partial charge < -0.3 is 61.8 Å². The van der Waals surface area contributed by atoms with Crippen LogP contribution in [0.1, 0.15) is 148 Å². The quantitative estimate of drug-likeness (QED) is 0.0271. The summed E-state index contributed by atoms with van der Waals surface area (Å²) in [6.45, 7) is 16.2. The molecule has 1 aromatic carbocycles. The number of carbonyl (C=O) groups is 13. The second kappa shape index (κ2) is 34.3. The molecule has 0 fully saturated rings. The molecule has 10 amide bonds. The first-order valence-electron chi connectivity index (χ1n) is 29.0. The topological polar surface area (TPSA) is 388 Å². The van der Waals surface area contributed by atoms with Crippen LogP contribution in [-0.4, -0.2) is 190 Å². The molecule has 29 heteroatoms. The van der Waals surface area contributed by atoms with Crippen molar-refractivity contribution >= 4 is 94.0 Å². The minimum absolute atomic E-state index is 0.00705. The van der Waals surface area contributed by atoms with Gasteiger partial charge in [0.15, 0.2) is 6.10 Å². The molecule has 486 valence electrons. The highest BCUT2D eigenvalue weighted by Gasteiger charge is 2.39. The van der Waals surface area contributed by atoms with Crippen molar-refractivity contribution < 1.29 is 82.0 Å². The number of carbonyl (C=O) groups excluding carboxylic acids is 12. The second-order valence-corrected chi connectivity index (χ2v) is 23.7. The van der Waals surface area contributed by atoms with Gasteiger partial charge in [0.2, 0.25) is 41.4 Å². The van der Waals surface area contributed by atoms with Gasteiger partial charge in [0, 0.05) is 75.8 Å². The number of carboxylic acids is 1. The van der Waals surface area contributed by atoms with Crippen molar-refractivity contribution in [3.05, 3.63) is 52.0 Å². The zero-order valence-electron chi connectivity index (χ0n) is 52.5. The molecule has 0 saturated heterocycles. The molecule has 0 aliphatic carbocycles. The fraction of sp³-hybridized carbons (Fsp3) is 0.593. The number of thiazole rings is 1. The Balaban J connectivity index is 1.69.